The normalized spacial score (nSPS) is 16.2. The molecule has 1 heterocycles. The van der Waals surface area contributed by atoms with Gasteiger partial charge in [-0.3, -0.25) is 4.90 Å². The molecule has 1 aromatic carbocycles. The Balaban J connectivity index is 2.25. The first-order valence-corrected chi connectivity index (χ1v) is 5.70. The van der Waals surface area contributed by atoms with Gasteiger partial charge in [-0.05, 0) is 31.6 Å². The van der Waals surface area contributed by atoms with Crippen molar-refractivity contribution in [1.82, 2.24) is 4.90 Å². The molecule has 0 aromatic heterocycles. The third-order valence-electron chi connectivity index (χ3n) is 2.63. The summed E-state index contributed by atoms with van der Waals surface area (Å²) in [5.74, 6) is 0.743. The van der Waals surface area contributed by atoms with Gasteiger partial charge in [-0.2, -0.15) is 0 Å². The molecule has 82 valence electrons. The van der Waals surface area contributed by atoms with Crippen LogP contribution in [0.15, 0.2) is 12.1 Å². The lowest BCUT2D eigenvalue weighted by Crippen LogP contribution is -2.36. The smallest absolute Gasteiger partial charge is 0.142 e. The Bertz CT molecular complexity index is 364. The molecule has 1 aliphatic rings. The van der Waals surface area contributed by atoms with Gasteiger partial charge in [0, 0.05) is 17.1 Å². The molecule has 0 aliphatic carbocycles. The molecule has 1 aliphatic heterocycles. The largest absolute Gasteiger partial charge is 0.495 e. The molecule has 0 unspecified atom stereocenters. The van der Waals surface area contributed by atoms with Gasteiger partial charge in [0.15, 0.2) is 0 Å². The zero-order chi connectivity index (χ0) is 10.8. The minimum atomic E-state index is 0.584. The van der Waals surface area contributed by atoms with E-state index in [4.69, 9.17) is 27.9 Å². The highest BCUT2D eigenvalue weighted by Crippen LogP contribution is 2.33. The summed E-state index contributed by atoms with van der Waals surface area (Å²) in [7, 11) is 1.63. The minimum absolute atomic E-state index is 0.584. The van der Waals surface area contributed by atoms with Crippen LogP contribution >= 0.6 is 23.2 Å². The number of benzene rings is 1. The van der Waals surface area contributed by atoms with Gasteiger partial charge in [-0.15, -0.1) is 0 Å². The van der Waals surface area contributed by atoms with Gasteiger partial charge in [-0.1, -0.05) is 23.2 Å². The van der Waals surface area contributed by atoms with E-state index in [2.05, 4.69) is 4.90 Å². The van der Waals surface area contributed by atoms with Crippen molar-refractivity contribution in [3.8, 4) is 5.75 Å². The van der Waals surface area contributed by atoms with E-state index in [1.807, 2.05) is 6.07 Å². The van der Waals surface area contributed by atoms with E-state index >= 15 is 0 Å². The van der Waals surface area contributed by atoms with Crippen molar-refractivity contribution >= 4 is 23.2 Å². The molecule has 1 aromatic rings. The van der Waals surface area contributed by atoms with Gasteiger partial charge in [0.1, 0.15) is 5.75 Å². The number of halogens is 2. The van der Waals surface area contributed by atoms with Crippen LogP contribution < -0.4 is 4.74 Å². The maximum Gasteiger partial charge on any atom is 0.142 e. The van der Waals surface area contributed by atoms with Gasteiger partial charge in [-0.25, -0.2) is 0 Å². The zero-order valence-corrected chi connectivity index (χ0v) is 10.1. The number of rotatable bonds is 3. The highest BCUT2D eigenvalue weighted by Gasteiger charge is 2.17. The van der Waals surface area contributed by atoms with Crippen molar-refractivity contribution in [1.29, 1.82) is 0 Å². The second kappa shape index (κ2) is 4.60. The molecule has 0 radical (unpaired) electrons. The summed E-state index contributed by atoms with van der Waals surface area (Å²) in [5.41, 5.74) is 1.06. The van der Waals surface area contributed by atoms with Crippen LogP contribution in [0.25, 0.3) is 0 Å². The average Bonchev–Trinajstić information content (AvgIpc) is 2.10. The van der Waals surface area contributed by atoms with Gasteiger partial charge < -0.3 is 4.74 Å². The van der Waals surface area contributed by atoms with Crippen LogP contribution in [0.5, 0.6) is 5.75 Å². The van der Waals surface area contributed by atoms with Crippen LogP contribution in [-0.4, -0.2) is 25.1 Å². The lowest BCUT2D eigenvalue weighted by atomic mass is 10.1. The Labute approximate surface area is 99.7 Å². The van der Waals surface area contributed by atoms with E-state index < -0.39 is 0 Å². The fourth-order valence-corrected chi connectivity index (χ4v) is 2.35. The number of methoxy groups -OCH3 is 1. The molecule has 0 bridgehead atoms. The number of hydrogen-bond acceptors (Lipinski definition) is 2. The fourth-order valence-electron chi connectivity index (χ4n) is 1.74. The topological polar surface area (TPSA) is 12.5 Å². The van der Waals surface area contributed by atoms with Crippen molar-refractivity contribution in [3.05, 3.63) is 27.7 Å². The standard InChI is InChI=1S/C11H13Cl2NO/c1-15-11-8(7-14-3-2-4-14)5-9(12)6-10(11)13/h5-6H,2-4,7H2,1H3. The van der Waals surface area contributed by atoms with Crippen molar-refractivity contribution in [2.45, 2.75) is 13.0 Å². The molecule has 0 atom stereocenters. The van der Waals surface area contributed by atoms with Crippen LogP contribution in [0, 0.1) is 0 Å². The molecule has 15 heavy (non-hydrogen) atoms. The van der Waals surface area contributed by atoms with Gasteiger partial charge in [0.25, 0.3) is 0 Å². The summed E-state index contributed by atoms with van der Waals surface area (Å²) in [6.45, 7) is 3.16. The SMILES string of the molecule is COc1c(Cl)cc(Cl)cc1CN1CCC1. The first kappa shape index (κ1) is 11.1. The van der Waals surface area contributed by atoms with Crippen LogP contribution in [0.1, 0.15) is 12.0 Å². The zero-order valence-electron chi connectivity index (χ0n) is 8.59. The Morgan fingerprint density at radius 2 is 2.07 bits per heavy atom. The van der Waals surface area contributed by atoms with E-state index in [1.54, 1.807) is 13.2 Å². The van der Waals surface area contributed by atoms with Crippen LogP contribution in [0.4, 0.5) is 0 Å². The van der Waals surface area contributed by atoms with Crippen LogP contribution in [0.3, 0.4) is 0 Å². The summed E-state index contributed by atoms with van der Waals surface area (Å²) < 4.78 is 5.28. The second-order valence-electron chi connectivity index (χ2n) is 3.71. The van der Waals surface area contributed by atoms with Gasteiger partial charge in [0.05, 0.1) is 12.1 Å². The highest BCUT2D eigenvalue weighted by molar-refractivity contribution is 6.35. The summed E-state index contributed by atoms with van der Waals surface area (Å²) >= 11 is 12.0. The molecule has 0 amide bonds. The molecular weight excluding hydrogens is 233 g/mol. The Morgan fingerprint density at radius 3 is 2.60 bits per heavy atom. The predicted octanol–water partition coefficient (Wildman–Crippen LogP) is 3.21. The van der Waals surface area contributed by atoms with E-state index in [-0.39, 0.29) is 0 Å². The molecular formula is C11H13Cl2NO. The first-order chi connectivity index (χ1) is 7.20. The molecule has 0 saturated carbocycles. The molecule has 1 saturated heterocycles. The van der Waals surface area contributed by atoms with Crippen molar-refractivity contribution in [3.63, 3.8) is 0 Å². The van der Waals surface area contributed by atoms with Crippen molar-refractivity contribution in [2.75, 3.05) is 20.2 Å². The summed E-state index contributed by atoms with van der Waals surface area (Å²) in [4.78, 5) is 2.34. The van der Waals surface area contributed by atoms with E-state index in [0.29, 0.717) is 10.0 Å². The summed E-state index contributed by atoms with van der Waals surface area (Å²) in [6.07, 6.45) is 1.27. The molecule has 2 nitrogen and oxygen atoms in total. The number of likely N-dealkylation sites (tertiary alicyclic amines) is 1. The third-order valence-corrected chi connectivity index (χ3v) is 3.13. The van der Waals surface area contributed by atoms with Crippen LogP contribution in [-0.2, 0) is 6.54 Å². The second-order valence-corrected chi connectivity index (χ2v) is 4.55. The number of nitrogens with zero attached hydrogens (tertiary/aromatic N) is 1. The van der Waals surface area contributed by atoms with Crippen molar-refractivity contribution < 1.29 is 4.74 Å². The summed E-state index contributed by atoms with van der Waals surface area (Å²) in [6, 6.07) is 3.63. The molecule has 4 heteroatoms. The molecule has 0 spiro atoms. The fraction of sp³-hybridized carbons (Fsp3) is 0.455. The number of hydrogen-bond donors (Lipinski definition) is 0. The summed E-state index contributed by atoms with van der Waals surface area (Å²) in [5, 5.41) is 1.25. The number of ether oxygens (including phenoxy) is 1. The van der Waals surface area contributed by atoms with Gasteiger partial charge in [0.2, 0.25) is 0 Å². The lowest BCUT2D eigenvalue weighted by Gasteiger charge is -2.31. The monoisotopic (exact) mass is 245 g/mol. The minimum Gasteiger partial charge on any atom is -0.495 e. The highest BCUT2D eigenvalue weighted by atomic mass is 35.5. The molecule has 0 N–H and O–H groups in total. The van der Waals surface area contributed by atoms with Crippen LogP contribution in [0.2, 0.25) is 10.0 Å². The van der Waals surface area contributed by atoms with Gasteiger partial charge >= 0.3 is 0 Å². The quantitative estimate of drug-likeness (QED) is 0.811. The Morgan fingerprint density at radius 1 is 1.33 bits per heavy atom. The Hall–Kier alpha value is -0.440. The molecule has 1 fully saturated rings. The predicted molar refractivity (Wildman–Crippen MR) is 62.9 cm³/mol. The maximum atomic E-state index is 6.05. The van der Waals surface area contributed by atoms with E-state index in [9.17, 15) is 0 Å². The van der Waals surface area contributed by atoms with E-state index in [1.165, 1.54) is 6.42 Å². The lowest BCUT2D eigenvalue weighted by molar-refractivity contribution is 0.170. The third kappa shape index (κ3) is 2.39. The maximum absolute atomic E-state index is 6.05. The van der Waals surface area contributed by atoms with E-state index in [0.717, 1.165) is 30.9 Å². The first-order valence-electron chi connectivity index (χ1n) is 4.95. The average molecular weight is 246 g/mol. The molecule has 2 rings (SSSR count). The van der Waals surface area contributed by atoms with Crippen molar-refractivity contribution in [2.24, 2.45) is 0 Å². The Kier molecular flexibility index (Phi) is 3.39.